The third-order valence-corrected chi connectivity index (χ3v) is 7.42. The fourth-order valence-electron chi connectivity index (χ4n) is 5.10. The number of esters is 1. The van der Waals surface area contributed by atoms with E-state index in [-0.39, 0.29) is 18.5 Å². The molecule has 14 heteroatoms. The van der Waals surface area contributed by atoms with Gasteiger partial charge in [-0.1, -0.05) is 53.9 Å². The molecule has 41 heavy (non-hydrogen) atoms. The number of azide groups is 2. The molecule has 0 aromatic heterocycles. The minimum atomic E-state index is -1.22. The van der Waals surface area contributed by atoms with Crippen LogP contribution in [0.2, 0.25) is 0 Å². The molecule has 2 saturated heterocycles. The lowest BCUT2D eigenvalue weighted by atomic mass is 9.89. The number of unbranched alkanes of at least 4 members (excludes halogenated alkanes) is 2. The van der Waals surface area contributed by atoms with Crippen molar-refractivity contribution in [2.45, 2.75) is 108 Å². The van der Waals surface area contributed by atoms with E-state index in [1.807, 2.05) is 37.3 Å². The molecule has 0 bridgehead atoms. The van der Waals surface area contributed by atoms with Gasteiger partial charge in [-0.2, -0.15) is 0 Å². The number of hydrogen-bond donors (Lipinski definition) is 1. The fourth-order valence-corrected chi connectivity index (χ4v) is 5.10. The zero-order chi connectivity index (χ0) is 29.8. The summed E-state index contributed by atoms with van der Waals surface area (Å²) in [7, 11) is 1.36. The van der Waals surface area contributed by atoms with E-state index >= 15 is 0 Å². The SMILES string of the molecule is COC(=O)CCCCCO[C@H]1OC(C)[C@@H](N=[N+]=[N-])[C@H](C)C1O[C@H]1OC(C)[C@@H](N=[N+]=[N-])[C@H](O)C1OCc1ccccc1. The molecular weight excluding hydrogens is 536 g/mol. The Kier molecular flexibility index (Phi) is 13.1. The first-order chi connectivity index (χ1) is 19.8. The highest BCUT2D eigenvalue weighted by Crippen LogP contribution is 2.35. The molecule has 226 valence electrons. The molecule has 1 aromatic rings. The molecule has 3 rings (SSSR count). The molecule has 0 aliphatic carbocycles. The Morgan fingerprint density at radius 2 is 1.59 bits per heavy atom. The Balaban J connectivity index is 1.76. The van der Waals surface area contributed by atoms with E-state index in [1.165, 1.54) is 7.11 Å². The summed E-state index contributed by atoms with van der Waals surface area (Å²) in [5.41, 5.74) is 19.1. The molecule has 4 unspecified atom stereocenters. The van der Waals surface area contributed by atoms with Crippen LogP contribution < -0.4 is 0 Å². The summed E-state index contributed by atoms with van der Waals surface area (Å²) in [5.74, 6) is -0.600. The Hall–Kier alpha value is -2.93. The van der Waals surface area contributed by atoms with Gasteiger partial charge in [0.1, 0.15) is 12.2 Å². The third kappa shape index (κ3) is 9.03. The number of ether oxygens (including phenoxy) is 6. The molecule has 2 heterocycles. The number of benzene rings is 1. The lowest BCUT2D eigenvalue weighted by Gasteiger charge is -2.47. The van der Waals surface area contributed by atoms with E-state index in [9.17, 15) is 9.90 Å². The van der Waals surface area contributed by atoms with Crippen molar-refractivity contribution in [1.82, 2.24) is 0 Å². The van der Waals surface area contributed by atoms with Crippen LogP contribution in [0.1, 0.15) is 52.0 Å². The molecule has 0 saturated carbocycles. The van der Waals surface area contributed by atoms with Gasteiger partial charge < -0.3 is 33.5 Å². The van der Waals surface area contributed by atoms with Gasteiger partial charge in [0, 0.05) is 22.9 Å². The Bertz CT molecular complexity index is 1050. The largest absolute Gasteiger partial charge is 0.469 e. The topological polar surface area (TPSA) is 190 Å². The van der Waals surface area contributed by atoms with Gasteiger partial charge in [0.05, 0.1) is 44.1 Å². The summed E-state index contributed by atoms with van der Waals surface area (Å²) in [4.78, 5) is 17.2. The normalized spacial score (nSPS) is 33.3. The molecule has 0 radical (unpaired) electrons. The minimum Gasteiger partial charge on any atom is -0.469 e. The Morgan fingerprint density at radius 1 is 0.927 bits per heavy atom. The maximum atomic E-state index is 11.3. The highest BCUT2D eigenvalue weighted by molar-refractivity contribution is 5.68. The van der Waals surface area contributed by atoms with E-state index in [0.29, 0.717) is 25.9 Å². The number of aliphatic hydroxyl groups excluding tert-OH is 1. The number of carbonyl (C=O) groups is 1. The zero-order valence-corrected chi connectivity index (χ0v) is 23.9. The first kappa shape index (κ1) is 32.6. The van der Waals surface area contributed by atoms with Gasteiger partial charge in [0.25, 0.3) is 0 Å². The smallest absolute Gasteiger partial charge is 0.305 e. The molecule has 0 spiro atoms. The third-order valence-electron chi connectivity index (χ3n) is 7.42. The van der Waals surface area contributed by atoms with Gasteiger partial charge >= 0.3 is 5.97 Å². The first-order valence-electron chi connectivity index (χ1n) is 13.9. The summed E-state index contributed by atoms with van der Waals surface area (Å²) in [5, 5.41) is 18.8. The predicted octanol–water partition coefficient (Wildman–Crippen LogP) is 4.55. The molecule has 2 aliphatic rings. The summed E-state index contributed by atoms with van der Waals surface area (Å²) < 4.78 is 35.5. The number of aliphatic hydroxyl groups is 1. The van der Waals surface area contributed by atoms with E-state index in [4.69, 9.17) is 34.7 Å². The van der Waals surface area contributed by atoms with Crippen LogP contribution >= 0.6 is 0 Å². The highest BCUT2D eigenvalue weighted by Gasteiger charge is 2.49. The van der Waals surface area contributed by atoms with Gasteiger partial charge in [0.2, 0.25) is 0 Å². The Labute approximate surface area is 239 Å². The van der Waals surface area contributed by atoms with Crippen LogP contribution in [0.5, 0.6) is 0 Å². The van der Waals surface area contributed by atoms with Crippen molar-refractivity contribution < 1.29 is 38.3 Å². The van der Waals surface area contributed by atoms with Gasteiger partial charge in [-0.05, 0) is 49.2 Å². The highest BCUT2D eigenvalue weighted by atomic mass is 16.7. The van der Waals surface area contributed by atoms with Crippen LogP contribution in [0.15, 0.2) is 40.6 Å². The lowest BCUT2D eigenvalue weighted by Crippen LogP contribution is -2.61. The fraction of sp³-hybridized carbons (Fsp3) is 0.741. The molecule has 2 fully saturated rings. The van der Waals surface area contributed by atoms with Crippen molar-refractivity contribution in [3.8, 4) is 0 Å². The minimum absolute atomic E-state index is 0.157. The van der Waals surface area contributed by atoms with Crippen LogP contribution in [0.4, 0.5) is 0 Å². The molecule has 2 aliphatic heterocycles. The average Bonchev–Trinajstić information content (AvgIpc) is 2.96. The van der Waals surface area contributed by atoms with Crippen molar-refractivity contribution in [1.29, 1.82) is 0 Å². The maximum Gasteiger partial charge on any atom is 0.305 e. The predicted molar refractivity (Wildman–Crippen MR) is 146 cm³/mol. The molecular formula is C27H40N6O8. The first-order valence-corrected chi connectivity index (χ1v) is 13.9. The number of hydrogen-bond acceptors (Lipinski definition) is 10. The second-order valence-electron chi connectivity index (χ2n) is 10.3. The summed E-state index contributed by atoms with van der Waals surface area (Å²) in [6, 6.07) is 7.97. The Morgan fingerprint density at radius 3 is 2.27 bits per heavy atom. The number of nitrogens with zero attached hydrogens (tertiary/aromatic N) is 6. The van der Waals surface area contributed by atoms with Crippen molar-refractivity contribution in [2.24, 2.45) is 16.1 Å². The summed E-state index contributed by atoms with van der Waals surface area (Å²) in [6.45, 7) is 5.86. The maximum absolute atomic E-state index is 11.3. The van der Waals surface area contributed by atoms with E-state index in [2.05, 4.69) is 24.8 Å². The molecule has 1 N–H and O–H groups in total. The van der Waals surface area contributed by atoms with Gasteiger partial charge in [-0.15, -0.1) is 0 Å². The van der Waals surface area contributed by atoms with Crippen LogP contribution in [-0.4, -0.2) is 80.0 Å². The van der Waals surface area contributed by atoms with Crippen molar-refractivity contribution >= 4 is 5.97 Å². The van der Waals surface area contributed by atoms with Gasteiger partial charge in [-0.3, -0.25) is 4.79 Å². The lowest BCUT2D eigenvalue weighted by molar-refractivity contribution is -0.342. The molecule has 10 atom stereocenters. The van der Waals surface area contributed by atoms with Crippen molar-refractivity contribution in [3.05, 3.63) is 56.8 Å². The van der Waals surface area contributed by atoms with E-state index in [0.717, 1.165) is 12.0 Å². The van der Waals surface area contributed by atoms with Gasteiger partial charge in [0.15, 0.2) is 12.6 Å². The van der Waals surface area contributed by atoms with Crippen LogP contribution in [-0.2, 0) is 39.8 Å². The van der Waals surface area contributed by atoms with Crippen LogP contribution in [0.3, 0.4) is 0 Å². The van der Waals surface area contributed by atoms with E-state index in [1.54, 1.807) is 13.8 Å². The quantitative estimate of drug-likeness (QED) is 0.110. The molecule has 0 amide bonds. The second kappa shape index (κ2) is 16.5. The van der Waals surface area contributed by atoms with E-state index < -0.39 is 55.2 Å². The number of methoxy groups -OCH3 is 1. The second-order valence-corrected chi connectivity index (χ2v) is 10.3. The zero-order valence-electron chi connectivity index (χ0n) is 23.9. The van der Waals surface area contributed by atoms with Crippen molar-refractivity contribution in [2.75, 3.05) is 13.7 Å². The van der Waals surface area contributed by atoms with Crippen LogP contribution in [0, 0.1) is 5.92 Å². The molecule has 14 nitrogen and oxygen atoms in total. The number of carbonyl (C=O) groups excluding carboxylic acids is 1. The number of rotatable bonds is 14. The summed E-state index contributed by atoms with van der Waals surface area (Å²) in [6.07, 6.45) is -3.55. The monoisotopic (exact) mass is 576 g/mol. The molecule has 1 aromatic carbocycles. The van der Waals surface area contributed by atoms with Crippen LogP contribution in [0.25, 0.3) is 20.9 Å². The summed E-state index contributed by atoms with van der Waals surface area (Å²) >= 11 is 0. The van der Waals surface area contributed by atoms with Gasteiger partial charge in [-0.25, -0.2) is 0 Å². The standard InChI is InChI=1S/C27H40N6O8/c1-16-21(30-32-28)17(2)39-26(37-14-10-6-9-13-20(34)36-4)24(16)41-27-25(38-15-19-11-7-5-8-12-19)23(35)22(31-33-29)18(3)40-27/h5,7-8,11-12,16-18,21-27,35H,6,9-10,13-15H2,1-4H3/t16-,17?,18?,21-,22+,23-,24?,25?,26-,27+/m0/s1. The average molecular weight is 577 g/mol. The van der Waals surface area contributed by atoms with Crippen molar-refractivity contribution in [3.63, 3.8) is 0 Å².